The number of nitro benzene ring substituents is 1. The van der Waals surface area contributed by atoms with E-state index in [4.69, 9.17) is 14.6 Å². The lowest BCUT2D eigenvalue weighted by atomic mass is 10.2. The van der Waals surface area contributed by atoms with Crippen LogP contribution in [-0.2, 0) is 4.79 Å². The number of non-ortho nitro benzene ring substituents is 1. The van der Waals surface area contributed by atoms with Crippen molar-refractivity contribution in [1.82, 2.24) is 0 Å². The molecule has 1 N–H and O–H groups in total. The molecule has 0 aromatic heterocycles. The highest BCUT2D eigenvalue weighted by molar-refractivity contribution is 5.74. The molecule has 0 amide bonds. The number of carboxylic acid groups (broad SMARTS) is 1. The fraction of sp³-hybridized carbons (Fsp3) is 0.417. The number of hydrogen-bond acceptors (Lipinski definition) is 5. The van der Waals surface area contributed by atoms with E-state index in [0.717, 1.165) is 12.8 Å². The summed E-state index contributed by atoms with van der Waals surface area (Å²) >= 11 is 0. The van der Waals surface area contributed by atoms with Gasteiger partial charge >= 0.3 is 5.97 Å². The third-order valence-electron chi connectivity index (χ3n) is 2.91. The van der Waals surface area contributed by atoms with Crippen molar-refractivity contribution in [1.29, 1.82) is 0 Å². The van der Waals surface area contributed by atoms with E-state index in [0.29, 0.717) is 0 Å². The van der Waals surface area contributed by atoms with Gasteiger partial charge in [-0.2, -0.15) is 0 Å². The number of nitrogens with zero attached hydrogens (tertiary/aromatic N) is 1. The van der Waals surface area contributed by atoms with Crippen LogP contribution in [0.25, 0.3) is 0 Å². The summed E-state index contributed by atoms with van der Waals surface area (Å²) in [4.78, 5) is 21.2. The van der Waals surface area contributed by atoms with E-state index in [-0.39, 0.29) is 23.1 Å². The number of benzene rings is 1. The van der Waals surface area contributed by atoms with Crippen LogP contribution >= 0.6 is 0 Å². The summed E-state index contributed by atoms with van der Waals surface area (Å²) in [5.74, 6) is -0.686. The van der Waals surface area contributed by atoms with Crippen molar-refractivity contribution in [3.63, 3.8) is 0 Å². The first-order valence-corrected chi connectivity index (χ1v) is 5.75. The molecule has 19 heavy (non-hydrogen) atoms. The normalized spacial score (nSPS) is 15.6. The highest BCUT2D eigenvalue weighted by Crippen LogP contribution is 2.38. The molecule has 0 aliphatic heterocycles. The molecular formula is C12H13NO6. The van der Waals surface area contributed by atoms with E-state index in [1.165, 1.54) is 25.3 Å². The summed E-state index contributed by atoms with van der Waals surface area (Å²) in [5, 5.41) is 19.7. The number of ether oxygens (including phenoxy) is 2. The van der Waals surface area contributed by atoms with Gasteiger partial charge in [-0.15, -0.1) is 0 Å². The van der Waals surface area contributed by atoms with Gasteiger partial charge in [-0.1, -0.05) is 0 Å². The molecular weight excluding hydrogens is 254 g/mol. The van der Waals surface area contributed by atoms with Gasteiger partial charge in [0.15, 0.2) is 17.6 Å². The van der Waals surface area contributed by atoms with Crippen molar-refractivity contribution in [2.45, 2.75) is 18.9 Å². The maximum absolute atomic E-state index is 11.1. The van der Waals surface area contributed by atoms with Gasteiger partial charge in [0.05, 0.1) is 18.1 Å². The number of hydrogen-bond donors (Lipinski definition) is 1. The van der Waals surface area contributed by atoms with Crippen molar-refractivity contribution >= 4 is 11.7 Å². The minimum atomic E-state index is -1.04. The molecule has 1 unspecified atom stereocenters. The SMILES string of the molecule is COc1cc([N+](=O)[O-])ccc1OC(C(=O)O)C1CC1. The molecule has 7 heteroatoms. The molecule has 1 aliphatic carbocycles. The largest absolute Gasteiger partial charge is 0.493 e. The van der Waals surface area contributed by atoms with Crippen LogP contribution in [-0.4, -0.2) is 29.2 Å². The molecule has 1 aliphatic rings. The fourth-order valence-corrected chi connectivity index (χ4v) is 1.75. The van der Waals surface area contributed by atoms with Crippen molar-refractivity contribution in [2.75, 3.05) is 7.11 Å². The lowest BCUT2D eigenvalue weighted by Gasteiger charge is -2.16. The Morgan fingerprint density at radius 1 is 1.47 bits per heavy atom. The van der Waals surface area contributed by atoms with Gasteiger partial charge in [-0.05, 0) is 18.9 Å². The highest BCUT2D eigenvalue weighted by atomic mass is 16.6. The number of methoxy groups -OCH3 is 1. The molecule has 102 valence electrons. The van der Waals surface area contributed by atoms with Crippen LogP contribution < -0.4 is 9.47 Å². The Labute approximate surface area is 108 Å². The van der Waals surface area contributed by atoms with E-state index in [2.05, 4.69) is 0 Å². The third kappa shape index (κ3) is 2.93. The molecule has 1 saturated carbocycles. The number of rotatable bonds is 6. The van der Waals surface area contributed by atoms with Crippen LogP contribution in [0.2, 0.25) is 0 Å². The molecule has 1 atom stereocenters. The van der Waals surface area contributed by atoms with Gasteiger partial charge in [-0.3, -0.25) is 10.1 Å². The lowest BCUT2D eigenvalue weighted by molar-refractivity contribution is -0.385. The van der Waals surface area contributed by atoms with Crippen LogP contribution in [0.1, 0.15) is 12.8 Å². The summed E-state index contributed by atoms with van der Waals surface area (Å²) in [6.07, 6.45) is 0.689. The van der Waals surface area contributed by atoms with E-state index >= 15 is 0 Å². The quantitative estimate of drug-likeness (QED) is 0.623. The molecule has 1 aromatic carbocycles. The standard InChI is InChI=1S/C12H13NO6/c1-18-10-6-8(13(16)17)4-5-9(10)19-11(12(14)15)7-2-3-7/h4-7,11H,2-3H2,1H3,(H,14,15). The van der Waals surface area contributed by atoms with Gasteiger partial charge in [0, 0.05) is 12.0 Å². The first-order valence-electron chi connectivity index (χ1n) is 5.75. The maximum Gasteiger partial charge on any atom is 0.345 e. The maximum atomic E-state index is 11.1. The fourth-order valence-electron chi connectivity index (χ4n) is 1.75. The monoisotopic (exact) mass is 267 g/mol. The van der Waals surface area contributed by atoms with Crippen molar-refractivity contribution < 1.29 is 24.3 Å². The van der Waals surface area contributed by atoms with Crippen LogP contribution in [0.4, 0.5) is 5.69 Å². The molecule has 2 rings (SSSR count). The average molecular weight is 267 g/mol. The van der Waals surface area contributed by atoms with Crippen LogP contribution in [0.15, 0.2) is 18.2 Å². The molecule has 1 aromatic rings. The number of aliphatic carboxylic acids is 1. The Bertz CT molecular complexity index is 511. The van der Waals surface area contributed by atoms with Crippen molar-refractivity contribution in [2.24, 2.45) is 5.92 Å². The topological polar surface area (TPSA) is 98.9 Å². The molecule has 1 fully saturated rings. The Morgan fingerprint density at radius 2 is 2.16 bits per heavy atom. The third-order valence-corrected chi connectivity index (χ3v) is 2.91. The molecule has 0 saturated heterocycles. The van der Waals surface area contributed by atoms with Crippen molar-refractivity contribution in [3.05, 3.63) is 28.3 Å². The zero-order chi connectivity index (χ0) is 14.0. The molecule has 0 spiro atoms. The predicted molar refractivity (Wildman–Crippen MR) is 64.4 cm³/mol. The summed E-state index contributed by atoms with van der Waals surface area (Å²) in [6, 6.07) is 3.82. The summed E-state index contributed by atoms with van der Waals surface area (Å²) in [5.41, 5.74) is -0.137. The van der Waals surface area contributed by atoms with Crippen LogP contribution in [0.5, 0.6) is 11.5 Å². The molecule has 0 radical (unpaired) electrons. The second-order valence-corrected chi connectivity index (χ2v) is 4.31. The summed E-state index contributed by atoms with van der Waals surface area (Å²) in [6.45, 7) is 0. The minimum Gasteiger partial charge on any atom is -0.493 e. The number of carbonyl (C=O) groups is 1. The van der Waals surface area contributed by atoms with Crippen LogP contribution in [0.3, 0.4) is 0 Å². The zero-order valence-electron chi connectivity index (χ0n) is 10.2. The van der Waals surface area contributed by atoms with E-state index in [9.17, 15) is 14.9 Å². The Morgan fingerprint density at radius 3 is 2.63 bits per heavy atom. The molecule has 0 bridgehead atoms. The Balaban J connectivity index is 2.23. The summed E-state index contributed by atoms with van der Waals surface area (Å²) < 4.78 is 10.4. The van der Waals surface area contributed by atoms with Gasteiger partial charge in [-0.25, -0.2) is 4.79 Å². The van der Waals surface area contributed by atoms with Gasteiger partial charge in [0.1, 0.15) is 0 Å². The first kappa shape index (κ1) is 13.1. The number of carboxylic acids is 1. The second kappa shape index (κ2) is 5.13. The second-order valence-electron chi connectivity index (χ2n) is 4.31. The first-order chi connectivity index (χ1) is 9.02. The highest BCUT2D eigenvalue weighted by Gasteiger charge is 2.38. The predicted octanol–water partition coefficient (Wildman–Crippen LogP) is 1.85. The average Bonchev–Trinajstić information content (AvgIpc) is 3.19. The molecule has 7 nitrogen and oxygen atoms in total. The van der Waals surface area contributed by atoms with Gasteiger partial charge in [0.25, 0.3) is 5.69 Å². The van der Waals surface area contributed by atoms with Gasteiger partial charge in [0.2, 0.25) is 0 Å². The van der Waals surface area contributed by atoms with Crippen molar-refractivity contribution in [3.8, 4) is 11.5 Å². The number of nitro groups is 1. The Hall–Kier alpha value is -2.31. The van der Waals surface area contributed by atoms with E-state index in [1.807, 2.05) is 0 Å². The van der Waals surface area contributed by atoms with E-state index < -0.39 is 17.0 Å². The van der Waals surface area contributed by atoms with Gasteiger partial charge < -0.3 is 14.6 Å². The smallest absolute Gasteiger partial charge is 0.345 e. The zero-order valence-corrected chi connectivity index (χ0v) is 10.2. The van der Waals surface area contributed by atoms with E-state index in [1.54, 1.807) is 0 Å². The lowest BCUT2D eigenvalue weighted by Crippen LogP contribution is -2.29. The minimum absolute atomic E-state index is 0.00241. The molecule has 0 heterocycles. The summed E-state index contributed by atoms with van der Waals surface area (Å²) in [7, 11) is 1.35. The van der Waals surface area contributed by atoms with Crippen LogP contribution in [0, 0.1) is 16.0 Å². The Kier molecular flexibility index (Phi) is 3.55.